The van der Waals surface area contributed by atoms with E-state index >= 15 is 0 Å². The average molecular weight is 222 g/mol. The highest BCUT2D eigenvalue weighted by Gasteiger charge is 2.11. The number of rotatable bonds is 4. The topological polar surface area (TPSA) is 47.3 Å². The van der Waals surface area contributed by atoms with Crippen molar-refractivity contribution in [3.8, 4) is 17.6 Å². The molecule has 0 bridgehead atoms. The maximum atomic E-state index is 13.4. The third-order valence-electron chi connectivity index (χ3n) is 2.26. The molecule has 0 fully saturated rings. The molecule has 1 aromatic carbocycles. The maximum Gasteiger partial charge on any atom is 0.165 e. The Morgan fingerprint density at radius 1 is 1.56 bits per heavy atom. The van der Waals surface area contributed by atoms with E-state index in [4.69, 9.17) is 10.6 Å². The molecule has 1 aromatic rings. The van der Waals surface area contributed by atoms with E-state index in [1.165, 1.54) is 13.2 Å². The van der Waals surface area contributed by atoms with Gasteiger partial charge in [-0.15, -0.1) is 11.8 Å². The van der Waals surface area contributed by atoms with E-state index < -0.39 is 5.82 Å². The van der Waals surface area contributed by atoms with Crippen LogP contribution < -0.4 is 16.0 Å². The number of methoxy groups -OCH3 is 1. The second-order valence-corrected chi connectivity index (χ2v) is 3.24. The molecule has 1 rings (SSSR count). The van der Waals surface area contributed by atoms with Crippen molar-refractivity contribution in [2.45, 2.75) is 19.4 Å². The van der Waals surface area contributed by atoms with Gasteiger partial charge in [-0.05, 0) is 24.6 Å². The van der Waals surface area contributed by atoms with Crippen LogP contribution in [0.3, 0.4) is 0 Å². The zero-order valence-corrected chi connectivity index (χ0v) is 9.38. The molecule has 4 heteroatoms. The Kier molecular flexibility index (Phi) is 4.77. The van der Waals surface area contributed by atoms with Crippen molar-refractivity contribution in [2.75, 3.05) is 7.11 Å². The Hall–Kier alpha value is -1.57. The minimum atomic E-state index is -0.398. The van der Waals surface area contributed by atoms with Crippen molar-refractivity contribution in [2.24, 2.45) is 5.84 Å². The smallest absolute Gasteiger partial charge is 0.165 e. The molecule has 0 saturated carbocycles. The molecule has 0 saturated heterocycles. The molecule has 16 heavy (non-hydrogen) atoms. The number of ether oxygens (including phenoxy) is 1. The lowest BCUT2D eigenvalue weighted by Crippen LogP contribution is -2.27. The molecule has 0 aromatic heterocycles. The van der Waals surface area contributed by atoms with Crippen LogP contribution in [0.15, 0.2) is 18.2 Å². The minimum Gasteiger partial charge on any atom is -0.494 e. The van der Waals surface area contributed by atoms with Crippen molar-refractivity contribution < 1.29 is 9.13 Å². The van der Waals surface area contributed by atoms with E-state index in [2.05, 4.69) is 17.3 Å². The predicted octanol–water partition coefficient (Wildman–Crippen LogP) is 1.75. The van der Waals surface area contributed by atoms with E-state index in [1.807, 2.05) is 0 Å². The van der Waals surface area contributed by atoms with Gasteiger partial charge in [-0.2, -0.15) is 0 Å². The van der Waals surface area contributed by atoms with Crippen molar-refractivity contribution in [1.29, 1.82) is 0 Å². The van der Waals surface area contributed by atoms with Gasteiger partial charge in [0.25, 0.3) is 0 Å². The fourth-order valence-corrected chi connectivity index (χ4v) is 1.38. The number of nitrogens with two attached hydrogens (primary N) is 1. The van der Waals surface area contributed by atoms with Crippen LogP contribution in [0.5, 0.6) is 5.75 Å². The molecule has 0 aliphatic heterocycles. The lowest BCUT2D eigenvalue weighted by atomic mass is 10.0. The van der Waals surface area contributed by atoms with Crippen LogP contribution in [0.1, 0.15) is 24.9 Å². The van der Waals surface area contributed by atoms with Gasteiger partial charge in [0.2, 0.25) is 0 Å². The van der Waals surface area contributed by atoms with Crippen molar-refractivity contribution in [1.82, 2.24) is 5.43 Å². The zero-order chi connectivity index (χ0) is 12.0. The van der Waals surface area contributed by atoms with Crippen LogP contribution in [0.4, 0.5) is 4.39 Å². The summed E-state index contributed by atoms with van der Waals surface area (Å²) in [5.41, 5.74) is 3.36. The largest absolute Gasteiger partial charge is 0.494 e. The monoisotopic (exact) mass is 222 g/mol. The average Bonchev–Trinajstić information content (AvgIpc) is 2.30. The number of hydrogen-bond acceptors (Lipinski definition) is 3. The summed E-state index contributed by atoms with van der Waals surface area (Å²) >= 11 is 0. The van der Waals surface area contributed by atoms with Crippen LogP contribution in [0.2, 0.25) is 0 Å². The van der Waals surface area contributed by atoms with Crippen LogP contribution in [-0.4, -0.2) is 7.11 Å². The first-order chi connectivity index (χ1) is 7.72. The fraction of sp³-hybridized carbons (Fsp3) is 0.333. The van der Waals surface area contributed by atoms with E-state index in [-0.39, 0.29) is 11.8 Å². The molecule has 0 radical (unpaired) electrons. The third kappa shape index (κ3) is 2.96. The summed E-state index contributed by atoms with van der Waals surface area (Å²) < 4.78 is 18.3. The molecular weight excluding hydrogens is 207 g/mol. The van der Waals surface area contributed by atoms with Crippen molar-refractivity contribution >= 4 is 0 Å². The van der Waals surface area contributed by atoms with Crippen LogP contribution in [0, 0.1) is 17.7 Å². The van der Waals surface area contributed by atoms with Gasteiger partial charge in [-0.25, -0.2) is 4.39 Å². The first-order valence-electron chi connectivity index (χ1n) is 4.92. The standard InChI is InChI=1S/C12H15FN2O/c1-3-4-5-11(15-14)9-6-7-12(16-2)10(13)8-9/h6-8,11,15H,5,14H2,1-2H3. The maximum absolute atomic E-state index is 13.4. The second-order valence-electron chi connectivity index (χ2n) is 3.24. The molecule has 3 N–H and O–H groups in total. The van der Waals surface area contributed by atoms with Gasteiger partial charge < -0.3 is 4.74 Å². The molecule has 86 valence electrons. The molecule has 0 heterocycles. The lowest BCUT2D eigenvalue weighted by Gasteiger charge is -2.14. The fourth-order valence-electron chi connectivity index (χ4n) is 1.38. The van der Waals surface area contributed by atoms with E-state index in [9.17, 15) is 4.39 Å². The molecule has 1 unspecified atom stereocenters. The summed E-state index contributed by atoms with van der Waals surface area (Å²) in [6.07, 6.45) is 0.540. The Morgan fingerprint density at radius 3 is 2.81 bits per heavy atom. The number of nitrogens with one attached hydrogen (secondary N) is 1. The van der Waals surface area contributed by atoms with E-state index in [0.717, 1.165) is 5.56 Å². The SMILES string of the molecule is CC#CCC(NN)c1ccc(OC)c(F)c1. The van der Waals surface area contributed by atoms with Crippen molar-refractivity contribution in [3.05, 3.63) is 29.6 Å². The Labute approximate surface area is 94.8 Å². The molecule has 0 amide bonds. The van der Waals surface area contributed by atoms with Crippen LogP contribution in [0.25, 0.3) is 0 Å². The first-order valence-corrected chi connectivity index (χ1v) is 4.92. The first kappa shape index (κ1) is 12.5. The summed E-state index contributed by atoms with van der Waals surface area (Å²) in [6, 6.07) is 4.58. The molecular formula is C12H15FN2O. The van der Waals surface area contributed by atoms with Gasteiger partial charge in [0.1, 0.15) is 0 Å². The van der Waals surface area contributed by atoms with Gasteiger partial charge in [0.15, 0.2) is 11.6 Å². The second kappa shape index (κ2) is 6.11. The van der Waals surface area contributed by atoms with E-state index in [1.54, 1.807) is 19.1 Å². The number of halogens is 1. The highest BCUT2D eigenvalue weighted by atomic mass is 19.1. The zero-order valence-electron chi connectivity index (χ0n) is 9.38. The minimum absolute atomic E-state index is 0.173. The Bertz CT molecular complexity index is 409. The lowest BCUT2D eigenvalue weighted by molar-refractivity contribution is 0.385. The van der Waals surface area contributed by atoms with Gasteiger partial charge in [-0.3, -0.25) is 11.3 Å². The summed E-state index contributed by atoms with van der Waals surface area (Å²) in [5, 5.41) is 0. The van der Waals surface area contributed by atoms with Gasteiger partial charge >= 0.3 is 0 Å². The van der Waals surface area contributed by atoms with Crippen LogP contribution in [-0.2, 0) is 0 Å². The summed E-state index contributed by atoms with van der Waals surface area (Å²) in [5.74, 6) is 10.9. The predicted molar refractivity (Wildman–Crippen MR) is 61.1 cm³/mol. The van der Waals surface area contributed by atoms with Crippen LogP contribution >= 0.6 is 0 Å². The molecule has 0 spiro atoms. The molecule has 1 atom stereocenters. The number of hydrazine groups is 1. The summed E-state index contributed by atoms with van der Waals surface area (Å²) in [7, 11) is 1.43. The van der Waals surface area contributed by atoms with Gasteiger partial charge in [0, 0.05) is 6.42 Å². The summed E-state index contributed by atoms with van der Waals surface area (Å²) in [6.45, 7) is 1.75. The van der Waals surface area contributed by atoms with E-state index in [0.29, 0.717) is 6.42 Å². The highest BCUT2D eigenvalue weighted by Crippen LogP contribution is 2.22. The molecule has 0 aliphatic rings. The Balaban J connectivity index is 2.91. The summed E-state index contributed by atoms with van der Waals surface area (Å²) in [4.78, 5) is 0. The number of hydrogen-bond donors (Lipinski definition) is 2. The molecule has 3 nitrogen and oxygen atoms in total. The van der Waals surface area contributed by atoms with Gasteiger partial charge in [-0.1, -0.05) is 6.07 Å². The third-order valence-corrected chi connectivity index (χ3v) is 2.26. The van der Waals surface area contributed by atoms with Gasteiger partial charge in [0.05, 0.1) is 13.2 Å². The van der Waals surface area contributed by atoms with Crippen molar-refractivity contribution in [3.63, 3.8) is 0 Å². The highest BCUT2D eigenvalue weighted by molar-refractivity contribution is 5.31. The quantitative estimate of drug-likeness (QED) is 0.463. The number of benzene rings is 1. The molecule has 0 aliphatic carbocycles. The normalized spacial score (nSPS) is 11.5. The Morgan fingerprint density at radius 2 is 2.31 bits per heavy atom.